The van der Waals surface area contributed by atoms with Crippen molar-refractivity contribution in [2.24, 2.45) is 0 Å². The number of thiophene rings is 1. The number of pyridine rings is 1. The molecule has 0 radical (unpaired) electrons. The molecule has 0 saturated heterocycles. The smallest absolute Gasteiger partial charge is 0.213 e. The number of nitrogens with zero attached hydrogens (tertiary/aromatic N) is 1. The van der Waals surface area contributed by atoms with E-state index in [0.717, 1.165) is 40.0 Å². The first-order valence-electron chi connectivity index (χ1n) is 11.8. The van der Waals surface area contributed by atoms with Crippen LogP contribution < -0.4 is 9.47 Å². The molecule has 0 saturated carbocycles. The van der Waals surface area contributed by atoms with Crippen LogP contribution in [0.1, 0.15) is 36.1 Å². The highest BCUT2D eigenvalue weighted by molar-refractivity contribution is 7.17. The Morgan fingerprint density at radius 3 is 2.58 bits per heavy atom. The molecule has 0 aliphatic carbocycles. The summed E-state index contributed by atoms with van der Waals surface area (Å²) < 4.78 is 18.0. The summed E-state index contributed by atoms with van der Waals surface area (Å²) in [5, 5.41) is 3.36. The monoisotopic (exact) mass is 499 g/mol. The lowest BCUT2D eigenvalue weighted by atomic mass is 9.97. The number of ether oxygens (including phenoxy) is 3. The van der Waals surface area contributed by atoms with Crippen molar-refractivity contribution in [2.45, 2.75) is 32.8 Å². The van der Waals surface area contributed by atoms with Gasteiger partial charge in [-0.05, 0) is 60.7 Å². The lowest BCUT2D eigenvalue weighted by molar-refractivity contribution is -0.107. The second-order valence-electron chi connectivity index (χ2n) is 8.31. The van der Waals surface area contributed by atoms with Crippen LogP contribution in [0.15, 0.2) is 60.0 Å². The zero-order valence-electron chi connectivity index (χ0n) is 20.7. The zero-order valence-corrected chi connectivity index (χ0v) is 21.6. The molecule has 5 nitrogen and oxygen atoms in total. The molecule has 36 heavy (non-hydrogen) atoms. The Hall–Kier alpha value is -3.66. The first-order chi connectivity index (χ1) is 17.6. The van der Waals surface area contributed by atoms with Gasteiger partial charge in [0.1, 0.15) is 25.2 Å². The Balaban J connectivity index is 1.48. The van der Waals surface area contributed by atoms with Crippen LogP contribution in [0.4, 0.5) is 0 Å². The van der Waals surface area contributed by atoms with Crippen LogP contribution in [0.25, 0.3) is 21.2 Å². The normalized spacial score (nSPS) is 11.5. The van der Waals surface area contributed by atoms with E-state index in [4.69, 9.17) is 14.2 Å². The van der Waals surface area contributed by atoms with E-state index in [1.165, 1.54) is 10.1 Å². The summed E-state index contributed by atoms with van der Waals surface area (Å²) in [6, 6.07) is 18.2. The zero-order chi connectivity index (χ0) is 25.3. The maximum atomic E-state index is 11.0. The number of rotatable bonds is 11. The number of methoxy groups -OCH3 is 1. The van der Waals surface area contributed by atoms with Crippen molar-refractivity contribution >= 4 is 27.7 Å². The van der Waals surface area contributed by atoms with Crippen molar-refractivity contribution in [3.05, 3.63) is 76.8 Å². The number of hydrogen-bond donors (Lipinski definition) is 0. The molecule has 184 valence electrons. The minimum Gasteiger partial charge on any atom is -0.489 e. The third-order valence-corrected chi connectivity index (χ3v) is 6.83. The van der Waals surface area contributed by atoms with Crippen LogP contribution in [0.3, 0.4) is 0 Å². The van der Waals surface area contributed by atoms with Gasteiger partial charge in [0, 0.05) is 46.5 Å². The van der Waals surface area contributed by atoms with Gasteiger partial charge in [0.15, 0.2) is 0 Å². The van der Waals surface area contributed by atoms with Gasteiger partial charge >= 0.3 is 0 Å². The number of hydrogen-bond acceptors (Lipinski definition) is 6. The van der Waals surface area contributed by atoms with Crippen LogP contribution in [0.2, 0.25) is 0 Å². The predicted molar refractivity (Wildman–Crippen MR) is 145 cm³/mol. The van der Waals surface area contributed by atoms with Crippen molar-refractivity contribution in [2.75, 3.05) is 20.3 Å². The van der Waals surface area contributed by atoms with E-state index in [2.05, 4.69) is 46.5 Å². The number of benzene rings is 2. The molecule has 0 amide bonds. The molecule has 0 fully saturated rings. The van der Waals surface area contributed by atoms with Crippen molar-refractivity contribution in [1.29, 1.82) is 0 Å². The summed E-state index contributed by atoms with van der Waals surface area (Å²) in [7, 11) is 1.65. The summed E-state index contributed by atoms with van der Waals surface area (Å²) in [5.41, 5.74) is 5.29. The van der Waals surface area contributed by atoms with Gasteiger partial charge in [-0.25, -0.2) is 4.98 Å². The molecule has 0 bridgehead atoms. The molecule has 6 heteroatoms. The highest BCUT2D eigenvalue weighted by atomic mass is 32.1. The topological polar surface area (TPSA) is 57.7 Å². The van der Waals surface area contributed by atoms with Gasteiger partial charge in [-0.3, -0.25) is 0 Å². The van der Waals surface area contributed by atoms with Gasteiger partial charge in [-0.2, -0.15) is 0 Å². The molecule has 4 aromatic rings. The van der Waals surface area contributed by atoms with Crippen LogP contribution in [0, 0.1) is 18.8 Å². The van der Waals surface area contributed by atoms with E-state index in [0.29, 0.717) is 32.1 Å². The second kappa shape index (κ2) is 12.3. The van der Waals surface area contributed by atoms with Crippen LogP contribution in [-0.4, -0.2) is 31.6 Å². The van der Waals surface area contributed by atoms with Crippen molar-refractivity contribution in [1.82, 2.24) is 4.98 Å². The molecule has 2 aromatic carbocycles. The fourth-order valence-electron chi connectivity index (χ4n) is 4.02. The van der Waals surface area contributed by atoms with Crippen molar-refractivity contribution in [3.63, 3.8) is 0 Å². The summed E-state index contributed by atoms with van der Waals surface area (Å²) >= 11 is 1.72. The number of aromatic nitrogens is 1. The van der Waals surface area contributed by atoms with Gasteiger partial charge in [0.2, 0.25) is 5.88 Å². The molecular weight excluding hydrogens is 470 g/mol. The van der Waals surface area contributed by atoms with Crippen LogP contribution in [-0.2, 0) is 16.1 Å². The lowest BCUT2D eigenvalue weighted by Crippen LogP contribution is -2.05. The van der Waals surface area contributed by atoms with Gasteiger partial charge in [-0.1, -0.05) is 24.1 Å². The molecule has 1 unspecified atom stereocenters. The Kier molecular flexibility index (Phi) is 8.72. The Bertz CT molecular complexity index is 1380. The van der Waals surface area contributed by atoms with Crippen LogP contribution in [0.5, 0.6) is 11.6 Å². The minimum absolute atomic E-state index is 0.0788. The molecule has 0 spiro atoms. The maximum Gasteiger partial charge on any atom is 0.213 e. The minimum atomic E-state index is -0.0788. The molecule has 1 atom stereocenters. The van der Waals surface area contributed by atoms with Gasteiger partial charge in [-0.15, -0.1) is 17.3 Å². The van der Waals surface area contributed by atoms with E-state index in [-0.39, 0.29) is 5.92 Å². The third-order valence-electron chi connectivity index (χ3n) is 5.86. The fraction of sp³-hybridized carbons (Fsp3) is 0.267. The molecule has 0 aliphatic rings. The average molecular weight is 500 g/mol. The number of carbonyl (C=O) groups is 1. The molecular formula is C30H29NO4S. The third kappa shape index (κ3) is 6.12. The standard InChI is InChI=1S/C30H29NO4S/c1-4-5-23(14-15-32)24-7-9-25(10-8-24)35-19-22-6-12-29-27(18-22)28(20-36-29)26-11-13-30(31-21(26)2)34-17-16-33-3/h6-13,15,18,20,23H,14,16-17,19H2,1-3H3. The van der Waals surface area contributed by atoms with Gasteiger partial charge in [0.25, 0.3) is 0 Å². The Morgan fingerprint density at radius 2 is 1.86 bits per heavy atom. The summed E-state index contributed by atoms with van der Waals surface area (Å²) in [6.07, 6.45) is 1.31. The predicted octanol–water partition coefficient (Wildman–Crippen LogP) is 6.57. The van der Waals surface area contributed by atoms with E-state index in [1.54, 1.807) is 25.4 Å². The number of aryl methyl sites for hydroxylation is 1. The SMILES string of the molecule is CC#CC(CC=O)c1ccc(OCc2ccc3scc(-c4ccc(OCCOC)nc4C)c3c2)cc1. The van der Waals surface area contributed by atoms with E-state index >= 15 is 0 Å². The highest BCUT2D eigenvalue weighted by Crippen LogP contribution is 2.36. The maximum absolute atomic E-state index is 11.0. The summed E-state index contributed by atoms with van der Waals surface area (Å²) in [4.78, 5) is 15.6. The molecule has 2 aromatic heterocycles. The Labute approximate surface area is 216 Å². The molecule has 0 aliphatic heterocycles. The van der Waals surface area contributed by atoms with E-state index < -0.39 is 0 Å². The Morgan fingerprint density at radius 1 is 1.03 bits per heavy atom. The lowest BCUT2D eigenvalue weighted by Gasteiger charge is -2.11. The molecule has 0 N–H and O–H groups in total. The van der Waals surface area contributed by atoms with Crippen LogP contribution >= 0.6 is 11.3 Å². The highest BCUT2D eigenvalue weighted by Gasteiger charge is 2.12. The summed E-state index contributed by atoms with van der Waals surface area (Å²) in [5.74, 6) is 7.30. The molecule has 4 rings (SSSR count). The van der Waals surface area contributed by atoms with Crippen molar-refractivity contribution in [3.8, 4) is 34.6 Å². The molecule has 2 heterocycles. The first-order valence-corrected chi connectivity index (χ1v) is 12.7. The second-order valence-corrected chi connectivity index (χ2v) is 9.22. The summed E-state index contributed by atoms with van der Waals surface area (Å²) in [6.45, 7) is 5.25. The average Bonchev–Trinajstić information content (AvgIpc) is 3.31. The van der Waals surface area contributed by atoms with E-state index in [9.17, 15) is 4.79 Å². The van der Waals surface area contributed by atoms with Crippen molar-refractivity contribution < 1.29 is 19.0 Å². The number of fused-ring (bicyclic) bond motifs is 1. The fourth-order valence-corrected chi connectivity index (χ4v) is 4.96. The van der Waals surface area contributed by atoms with Gasteiger partial charge < -0.3 is 19.0 Å². The largest absolute Gasteiger partial charge is 0.489 e. The quantitative estimate of drug-likeness (QED) is 0.133. The first kappa shape index (κ1) is 25.4. The number of carbonyl (C=O) groups excluding carboxylic acids is 1. The van der Waals surface area contributed by atoms with Gasteiger partial charge in [0.05, 0.1) is 12.5 Å². The van der Waals surface area contributed by atoms with E-state index in [1.807, 2.05) is 37.3 Å². The number of aldehydes is 1.